The molecule has 0 atom stereocenters. The molecule has 5 nitrogen and oxygen atoms in total. The second kappa shape index (κ2) is 13.6. The van der Waals surface area contributed by atoms with Crippen LogP contribution >= 0.6 is 24.0 Å². The number of aliphatic imine (C=N–C) groups is 1. The van der Waals surface area contributed by atoms with E-state index in [1.807, 2.05) is 24.3 Å². The fraction of sp³-hybridized carbons (Fsp3) is 0.562. The maximum absolute atomic E-state index is 5.69. The van der Waals surface area contributed by atoms with Crippen molar-refractivity contribution < 1.29 is 9.47 Å². The van der Waals surface area contributed by atoms with Gasteiger partial charge < -0.3 is 20.1 Å². The molecule has 6 heteroatoms. The molecular weight excluding hydrogens is 393 g/mol. The highest BCUT2D eigenvalue weighted by molar-refractivity contribution is 14.0. The predicted octanol–water partition coefficient (Wildman–Crippen LogP) is 3.51. The lowest BCUT2D eigenvalue weighted by Crippen LogP contribution is -2.30. The Bertz CT molecular complexity index is 428. The van der Waals surface area contributed by atoms with E-state index < -0.39 is 0 Å². The van der Waals surface area contributed by atoms with E-state index in [1.165, 1.54) is 0 Å². The van der Waals surface area contributed by atoms with Crippen LogP contribution in [0.4, 0.5) is 5.69 Å². The topological polar surface area (TPSA) is 54.9 Å². The molecule has 0 aliphatic heterocycles. The molecule has 0 aromatic heterocycles. The van der Waals surface area contributed by atoms with Crippen LogP contribution in [0.5, 0.6) is 5.75 Å². The molecular formula is C16H28IN3O2. The van der Waals surface area contributed by atoms with Gasteiger partial charge in [-0.2, -0.15) is 0 Å². The largest absolute Gasteiger partial charge is 0.493 e. The SMILES string of the molecule is CCCN=C(NCC)Nc1cccc(OCCCOC)c1.I. The average molecular weight is 421 g/mol. The maximum Gasteiger partial charge on any atom is 0.195 e. The van der Waals surface area contributed by atoms with Gasteiger partial charge in [0.05, 0.1) is 6.61 Å². The highest BCUT2D eigenvalue weighted by atomic mass is 127. The molecule has 0 heterocycles. The van der Waals surface area contributed by atoms with E-state index in [-0.39, 0.29) is 24.0 Å². The minimum atomic E-state index is 0. The lowest BCUT2D eigenvalue weighted by molar-refractivity contribution is 0.172. The molecule has 0 bridgehead atoms. The predicted molar refractivity (Wildman–Crippen MR) is 104 cm³/mol. The van der Waals surface area contributed by atoms with Gasteiger partial charge in [0.2, 0.25) is 0 Å². The van der Waals surface area contributed by atoms with E-state index in [2.05, 4.69) is 29.5 Å². The van der Waals surface area contributed by atoms with Crippen molar-refractivity contribution in [2.75, 3.05) is 38.7 Å². The Labute approximate surface area is 150 Å². The summed E-state index contributed by atoms with van der Waals surface area (Å²) in [6.07, 6.45) is 1.91. The normalized spacial score (nSPS) is 10.8. The summed E-state index contributed by atoms with van der Waals surface area (Å²) >= 11 is 0. The highest BCUT2D eigenvalue weighted by Gasteiger charge is 2.01. The van der Waals surface area contributed by atoms with Crippen LogP contribution in [0, 0.1) is 0 Å². The first-order chi connectivity index (χ1) is 10.3. The summed E-state index contributed by atoms with van der Waals surface area (Å²) in [6, 6.07) is 7.90. The molecule has 1 rings (SSSR count). The fourth-order valence-corrected chi connectivity index (χ4v) is 1.72. The molecule has 0 spiro atoms. The van der Waals surface area contributed by atoms with Gasteiger partial charge in [0.25, 0.3) is 0 Å². The van der Waals surface area contributed by atoms with Crippen LogP contribution in [0.15, 0.2) is 29.3 Å². The van der Waals surface area contributed by atoms with Gasteiger partial charge in [0.15, 0.2) is 5.96 Å². The second-order valence-corrected chi connectivity index (χ2v) is 4.61. The van der Waals surface area contributed by atoms with Gasteiger partial charge in [-0.05, 0) is 25.5 Å². The van der Waals surface area contributed by atoms with Crippen LogP contribution in [0.3, 0.4) is 0 Å². The Morgan fingerprint density at radius 3 is 2.73 bits per heavy atom. The van der Waals surface area contributed by atoms with Crippen LogP contribution in [0.1, 0.15) is 26.7 Å². The van der Waals surface area contributed by atoms with Gasteiger partial charge in [-0.15, -0.1) is 24.0 Å². The molecule has 0 saturated carbocycles. The third kappa shape index (κ3) is 9.09. The molecule has 0 unspecified atom stereocenters. The Morgan fingerprint density at radius 2 is 2.05 bits per heavy atom. The summed E-state index contributed by atoms with van der Waals surface area (Å²) < 4.78 is 10.7. The number of halogens is 1. The van der Waals surface area contributed by atoms with Gasteiger partial charge in [-0.25, -0.2) is 0 Å². The molecule has 0 radical (unpaired) electrons. The summed E-state index contributed by atoms with van der Waals surface area (Å²) in [7, 11) is 1.70. The van der Waals surface area contributed by atoms with Gasteiger partial charge in [-0.1, -0.05) is 13.0 Å². The number of rotatable bonds is 9. The number of guanidine groups is 1. The van der Waals surface area contributed by atoms with E-state index in [1.54, 1.807) is 7.11 Å². The Balaban J connectivity index is 0.00000441. The van der Waals surface area contributed by atoms with Crippen molar-refractivity contribution in [1.82, 2.24) is 5.32 Å². The minimum Gasteiger partial charge on any atom is -0.493 e. The van der Waals surface area contributed by atoms with E-state index in [0.717, 1.165) is 43.3 Å². The molecule has 0 aliphatic rings. The van der Waals surface area contributed by atoms with Crippen LogP contribution in [-0.2, 0) is 4.74 Å². The van der Waals surface area contributed by atoms with Crippen molar-refractivity contribution in [2.45, 2.75) is 26.7 Å². The van der Waals surface area contributed by atoms with Crippen molar-refractivity contribution in [3.63, 3.8) is 0 Å². The molecule has 0 aliphatic carbocycles. The van der Waals surface area contributed by atoms with Crippen molar-refractivity contribution in [3.05, 3.63) is 24.3 Å². The molecule has 22 heavy (non-hydrogen) atoms. The van der Waals surface area contributed by atoms with Gasteiger partial charge in [0.1, 0.15) is 5.75 Å². The summed E-state index contributed by atoms with van der Waals surface area (Å²) in [5.74, 6) is 1.65. The van der Waals surface area contributed by atoms with Crippen LogP contribution < -0.4 is 15.4 Å². The number of hydrogen-bond acceptors (Lipinski definition) is 3. The number of nitrogens with zero attached hydrogens (tertiary/aromatic N) is 1. The number of benzene rings is 1. The number of anilines is 1. The van der Waals surface area contributed by atoms with E-state index in [0.29, 0.717) is 13.2 Å². The number of nitrogens with one attached hydrogen (secondary N) is 2. The van der Waals surface area contributed by atoms with E-state index >= 15 is 0 Å². The van der Waals surface area contributed by atoms with E-state index in [4.69, 9.17) is 9.47 Å². The average Bonchev–Trinajstić information content (AvgIpc) is 2.50. The quantitative estimate of drug-likeness (QED) is 0.277. The van der Waals surface area contributed by atoms with Gasteiger partial charge >= 0.3 is 0 Å². The van der Waals surface area contributed by atoms with Crippen molar-refractivity contribution >= 4 is 35.6 Å². The molecule has 0 fully saturated rings. The van der Waals surface area contributed by atoms with Gasteiger partial charge in [-0.3, -0.25) is 4.99 Å². The van der Waals surface area contributed by atoms with E-state index in [9.17, 15) is 0 Å². The highest BCUT2D eigenvalue weighted by Crippen LogP contribution is 2.17. The van der Waals surface area contributed by atoms with Crippen molar-refractivity contribution in [3.8, 4) is 5.75 Å². The van der Waals surface area contributed by atoms with Crippen LogP contribution in [0.2, 0.25) is 0 Å². The number of methoxy groups -OCH3 is 1. The van der Waals surface area contributed by atoms with Gasteiger partial charge in [0, 0.05) is 45.0 Å². The molecule has 0 amide bonds. The zero-order chi connectivity index (χ0) is 15.3. The van der Waals surface area contributed by atoms with Crippen molar-refractivity contribution in [1.29, 1.82) is 0 Å². The minimum absolute atomic E-state index is 0. The summed E-state index contributed by atoms with van der Waals surface area (Å²) in [6.45, 7) is 7.18. The Kier molecular flexibility index (Phi) is 13.0. The first-order valence-electron chi connectivity index (χ1n) is 7.57. The Morgan fingerprint density at radius 1 is 1.23 bits per heavy atom. The first kappa shape index (κ1) is 21.0. The summed E-state index contributed by atoms with van der Waals surface area (Å²) in [5.41, 5.74) is 0.968. The monoisotopic (exact) mass is 421 g/mol. The first-order valence-corrected chi connectivity index (χ1v) is 7.57. The zero-order valence-corrected chi connectivity index (χ0v) is 16.1. The lowest BCUT2D eigenvalue weighted by atomic mass is 10.3. The van der Waals surface area contributed by atoms with Crippen LogP contribution in [0.25, 0.3) is 0 Å². The maximum atomic E-state index is 5.69. The summed E-state index contributed by atoms with van der Waals surface area (Å²) in [5, 5.41) is 6.52. The molecule has 1 aromatic rings. The molecule has 126 valence electrons. The smallest absolute Gasteiger partial charge is 0.195 e. The summed E-state index contributed by atoms with van der Waals surface area (Å²) in [4.78, 5) is 4.48. The third-order valence-corrected chi connectivity index (χ3v) is 2.70. The van der Waals surface area contributed by atoms with Crippen LogP contribution in [-0.4, -0.2) is 39.4 Å². The second-order valence-electron chi connectivity index (χ2n) is 4.61. The zero-order valence-electron chi connectivity index (χ0n) is 13.7. The number of hydrogen-bond donors (Lipinski definition) is 2. The number of ether oxygens (including phenoxy) is 2. The standard InChI is InChI=1S/C16H27N3O2.HI/c1-4-10-18-16(17-5-2)19-14-8-6-9-15(13-14)21-12-7-11-20-3;/h6,8-9,13H,4-5,7,10-12H2,1-3H3,(H2,17,18,19);1H. The Hall–Kier alpha value is -1.02. The van der Waals surface area contributed by atoms with Crippen molar-refractivity contribution in [2.24, 2.45) is 4.99 Å². The molecule has 1 aromatic carbocycles. The lowest BCUT2D eigenvalue weighted by Gasteiger charge is -2.12. The fourth-order valence-electron chi connectivity index (χ4n) is 1.72. The molecule has 2 N–H and O–H groups in total. The third-order valence-electron chi connectivity index (χ3n) is 2.70. The molecule has 0 saturated heterocycles.